The molecule has 2 nitrogen and oxygen atoms in total. The number of benzene rings is 6. The van der Waals surface area contributed by atoms with Gasteiger partial charge in [0.15, 0.2) is 0 Å². The van der Waals surface area contributed by atoms with Crippen molar-refractivity contribution in [3.05, 3.63) is 145 Å². The Bertz CT molecular complexity index is 2140. The highest BCUT2D eigenvalue weighted by atomic mass is 15.0. The van der Waals surface area contributed by atoms with Crippen molar-refractivity contribution in [2.45, 2.75) is 44.9 Å². The number of aromatic nitrogens is 2. The first-order chi connectivity index (χ1) is 22.2. The Kier molecular flexibility index (Phi) is 5.83. The molecule has 6 aromatic carbocycles. The Morgan fingerprint density at radius 3 is 1.09 bits per heavy atom. The SMILES string of the molecule is CCCC1(CCC)c2cc(-n3c4ccccc4c4ccccc43)ccc2-c2ccc(-n3c4ccccc4c4ccccc43)cc21. The molecule has 0 radical (unpaired) electrons. The summed E-state index contributed by atoms with van der Waals surface area (Å²) in [6.07, 6.45) is 4.54. The van der Waals surface area contributed by atoms with Crippen LogP contribution in [-0.2, 0) is 5.41 Å². The minimum absolute atomic E-state index is 0.0301. The summed E-state index contributed by atoms with van der Waals surface area (Å²) in [6.45, 7) is 4.70. The van der Waals surface area contributed by atoms with Gasteiger partial charge in [-0.1, -0.05) is 112 Å². The van der Waals surface area contributed by atoms with Gasteiger partial charge in [-0.15, -0.1) is 0 Å². The van der Waals surface area contributed by atoms with E-state index in [1.807, 2.05) is 0 Å². The van der Waals surface area contributed by atoms with E-state index in [1.54, 1.807) is 0 Å². The predicted octanol–water partition coefficient (Wildman–Crippen LogP) is 11.7. The lowest BCUT2D eigenvalue weighted by Crippen LogP contribution is -2.25. The summed E-state index contributed by atoms with van der Waals surface area (Å²) in [5, 5.41) is 5.23. The summed E-state index contributed by atoms with van der Waals surface area (Å²) >= 11 is 0. The van der Waals surface area contributed by atoms with Crippen LogP contribution in [0.5, 0.6) is 0 Å². The molecule has 45 heavy (non-hydrogen) atoms. The third-order valence-electron chi connectivity index (χ3n) is 10.4. The van der Waals surface area contributed by atoms with E-state index in [1.165, 1.54) is 77.2 Å². The number of fused-ring (bicyclic) bond motifs is 9. The summed E-state index contributed by atoms with van der Waals surface area (Å²) in [5.74, 6) is 0. The van der Waals surface area contributed by atoms with Crippen LogP contribution in [0.25, 0.3) is 66.1 Å². The lowest BCUT2D eigenvalue weighted by atomic mass is 9.71. The molecule has 0 saturated heterocycles. The second-order valence-corrected chi connectivity index (χ2v) is 12.8. The van der Waals surface area contributed by atoms with Gasteiger partial charge in [0, 0.05) is 38.3 Å². The highest BCUT2D eigenvalue weighted by molar-refractivity contribution is 6.10. The van der Waals surface area contributed by atoms with Crippen molar-refractivity contribution in [1.29, 1.82) is 0 Å². The third-order valence-corrected chi connectivity index (χ3v) is 10.4. The molecular weight excluding hydrogens is 544 g/mol. The topological polar surface area (TPSA) is 9.86 Å². The molecule has 0 unspecified atom stereocenters. The molecule has 0 fully saturated rings. The molecule has 0 N–H and O–H groups in total. The molecule has 2 heteroatoms. The lowest BCUT2D eigenvalue weighted by Gasteiger charge is -2.32. The van der Waals surface area contributed by atoms with Crippen LogP contribution in [0.15, 0.2) is 133 Å². The molecule has 2 aromatic heterocycles. The molecule has 1 aliphatic rings. The second-order valence-electron chi connectivity index (χ2n) is 12.8. The van der Waals surface area contributed by atoms with E-state index in [9.17, 15) is 0 Å². The van der Waals surface area contributed by atoms with Gasteiger partial charge < -0.3 is 9.13 Å². The standard InChI is InChI=1S/C43H36N2/c1-3-25-43(26-4-2)37-27-29(44-39-17-9-5-13-33(39)34-14-6-10-18-40(34)44)21-23-31(37)32-24-22-30(28-38(32)43)45-41-19-11-7-15-35(41)36-16-8-12-20-42(36)45/h5-24,27-28H,3-4,25-26H2,1-2H3. The van der Waals surface area contributed by atoms with Gasteiger partial charge in [0.1, 0.15) is 0 Å². The maximum absolute atomic E-state index is 2.53. The van der Waals surface area contributed by atoms with E-state index in [-0.39, 0.29) is 5.41 Å². The summed E-state index contributed by atoms with van der Waals surface area (Å²) in [6, 6.07) is 49.9. The normalized spacial score (nSPS) is 13.6. The van der Waals surface area contributed by atoms with Crippen molar-refractivity contribution in [1.82, 2.24) is 9.13 Å². The zero-order valence-electron chi connectivity index (χ0n) is 25.9. The van der Waals surface area contributed by atoms with Crippen LogP contribution in [-0.4, -0.2) is 9.13 Å². The number of hydrogen-bond donors (Lipinski definition) is 0. The van der Waals surface area contributed by atoms with Crippen molar-refractivity contribution >= 4 is 43.6 Å². The maximum Gasteiger partial charge on any atom is 0.0541 e. The van der Waals surface area contributed by atoms with Gasteiger partial charge in [-0.05, 0) is 83.6 Å². The van der Waals surface area contributed by atoms with Crippen molar-refractivity contribution in [2.24, 2.45) is 0 Å². The monoisotopic (exact) mass is 580 g/mol. The first-order valence-corrected chi connectivity index (χ1v) is 16.5. The molecule has 1 aliphatic carbocycles. The average Bonchev–Trinajstić information content (AvgIpc) is 3.69. The quantitative estimate of drug-likeness (QED) is 0.185. The Labute approximate surface area is 264 Å². The van der Waals surface area contributed by atoms with E-state index in [2.05, 4.69) is 156 Å². The van der Waals surface area contributed by atoms with Crippen LogP contribution in [0.4, 0.5) is 0 Å². The number of nitrogens with zero attached hydrogens (tertiary/aromatic N) is 2. The van der Waals surface area contributed by atoms with Crippen LogP contribution in [0.1, 0.15) is 50.7 Å². The van der Waals surface area contributed by atoms with Gasteiger partial charge in [0.05, 0.1) is 22.1 Å². The minimum Gasteiger partial charge on any atom is -0.309 e. The second kappa shape index (κ2) is 9.97. The molecule has 8 aromatic rings. The fourth-order valence-electron chi connectivity index (χ4n) is 8.67. The molecule has 0 aliphatic heterocycles. The van der Waals surface area contributed by atoms with Crippen molar-refractivity contribution in [3.63, 3.8) is 0 Å². The zero-order chi connectivity index (χ0) is 30.1. The Balaban J connectivity index is 1.29. The van der Waals surface area contributed by atoms with E-state index >= 15 is 0 Å². The summed E-state index contributed by atoms with van der Waals surface area (Å²) in [4.78, 5) is 0. The Hall–Kier alpha value is -5.08. The number of hydrogen-bond acceptors (Lipinski definition) is 0. The lowest BCUT2D eigenvalue weighted by molar-refractivity contribution is 0.435. The molecule has 9 rings (SSSR count). The average molecular weight is 581 g/mol. The first kappa shape index (κ1) is 26.3. The molecule has 0 bridgehead atoms. The van der Waals surface area contributed by atoms with Crippen molar-refractivity contribution in [3.8, 4) is 22.5 Å². The van der Waals surface area contributed by atoms with Gasteiger partial charge in [-0.3, -0.25) is 0 Å². The van der Waals surface area contributed by atoms with Crippen molar-refractivity contribution < 1.29 is 0 Å². The number of para-hydroxylation sites is 4. The van der Waals surface area contributed by atoms with Crippen LogP contribution >= 0.6 is 0 Å². The third kappa shape index (κ3) is 3.63. The largest absolute Gasteiger partial charge is 0.309 e. The fourth-order valence-corrected chi connectivity index (χ4v) is 8.67. The van der Waals surface area contributed by atoms with Crippen LogP contribution < -0.4 is 0 Å². The summed E-state index contributed by atoms with van der Waals surface area (Å²) in [5.41, 5.74) is 13.3. The van der Waals surface area contributed by atoms with Crippen LogP contribution in [0.3, 0.4) is 0 Å². The van der Waals surface area contributed by atoms with E-state index < -0.39 is 0 Å². The molecule has 0 spiro atoms. The molecule has 0 amide bonds. The smallest absolute Gasteiger partial charge is 0.0541 e. The van der Waals surface area contributed by atoms with Gasteiger partial charge in [-0.2, -0.15) is 0 Å². The summed E-state index contributed by atoms with van der Waals surface area (Å²) in [7, 11) is 0. The summed E-state index contributed by atoms with van der Waals surface area (Å²) < 4.78 is 4.94. The maximum atomic E-state index is 2.53. The number of rotatable bonds is 6. The molecule has 2 heterocycles. The molecule has 0 saturated carbocycles. The van der Waals surface area contributed by atoms with Crippen LogP contribution in [0, 0.1) is 0 Å². The van der Waals surface area contributed by atoms with Crippen LogP contribution in [0.2, 0.25) is 0 Å². The van der Waals surface area contributed by atoms with Gasteiger partial charge in [-0.25, -0.2) is 0 Å². The molecule has 218 valence electrons. The minimum atomic E-state index is -0.0301. The van der Waals surface area contributed by atoms with Gasteiger partial charge in [0.2, 0.25) is 0 Å². The van der Waals surface area contributed by atoms with Gasteiger partial charge >= 0.3 is 0 Å². The predicted molar refractivity (Wildman–Crippen MR) is 191 cm³/mol. The van der Waals surface area contributed by atoms with E-state index in [0.29, 0.717) is 0 Å². The Morgan fingerprint density at radius 1 is 0.422 bits per heavy atom. The van der Waals surface area contributed by atoms with Gasteiger partial charge in [0.25, 0.3) is 0 Å². The Morgan fingerprint density at radius 2 is 0.756 bits per heavy atom. The van der Waals surface area contributed by atoms with Crippen molar-refractivity contribution in [2.75, 3.05) is 0 Å². The fraction of sp³-hybridized carbons (Fsp3) is 0.163. The van der Waals surface area contributed by atoms with E-state index in [0.717, 1.165) is 25.7 Å². The highest BCUT2D eigenvalue weighted by Gasteiger charge is 2.42. The zero-order valence-corrected chi connectivity index (χ0v) is 25.9. The first-order valence-electron chi connectivity index (χ1n) is 16.5. The molecular formula is C43H36N2. The highest BCUT2D eigenvalue weighted by Crippen LogP contribution is 2.55. The molecule has 0 atom stereocenters. The van der Waals surface area contributed by atoms with E-state index in [4.69, 9.17) is 0 Å².